The lowest BCUT2D eigenvalue weighted by molar-refractivity contribution is 0.593. The molecule has 10 heavy (non-hydrogen) atoms. The van der Waals surface area contributed by atoms with Gasteiger partial charge in [-0.15, -0.1) is 0 Å². The molecule has 0 heterocycles. The van der Waals surface area contributed by atoms with Crippen LogP contribution in [0.3, 0.4) is 0 Å². The molecule has 1 atom stereocenters. The van der Waals surface area contributed by atoms with Crippen LogP contribution in [0.5, 0.6) is 0 Å². The van der Waals surface area contributed by atoms with E-state index in [-0.39, 0.29) is 0 Å². The molecule has 0 spiro atoms. The first kappa shape index (κ1) is 10.3. The average Bonchev–Trinajstić information content (AvgIpc) is 1.87. The summed E-state index contributed by atoms with van der Waals surface area (Å²) in [7, 11) is 0. The Morgan fingerprint density at radius 2 is 2.00 bits per heavy atom. The fourth-order valence-corrected chi connectivity index (χ4v) is 1.38. The van der Waals surface area contributed by atoms with E-state index in [9.17, 15) is 0 Å². The van der Waals surface area contributed by atoms with Gasteiger partial charge >= 0.3 is 0 Å². The first-order valence-electron chi connectivity index (χ1n) is 4.02. The summed E-state index contributed by atoms with van der Waals surface area (Å²) in [4.78, 5) is 0. The van der Waals surface area contributed by atoms with E-state index < -0.39 is 0 Å². The highest BCUT2D eigenvalue weighted by Gasteiger charge is 1.92. The normalized spacial score (nSPS) is 13.5. The van der Waals surface area contributed by atoms with Crippen molar-refractivity contribution in [1.82, 2.24) is 0 Å². The first-order chi connectivity index (χ1) is 4.77. The highest BCUT2D eigenvalue weighted by atomic mass is 32.2. The lowest BCUT2D eigenvalue weighted by Crippen LogP contribution is -2.13. The SMILES string of the molecule is CSCCCCCC(C)N. The molecule has 0 saturated heterocycles. The van der Waals surface area contributed by atoms with Crippen LogP contribution in [0.2, 0.25) is 0 Å². The molecule has 0 aliphatic carbocycles. The third kappa shape index (κ3) is 8.31. The summed E-state index contributed by atoms with van der Waals surface area (Å²) in [5.41, 5.74) is 5.60. The Morgan fingerprint density at radius 1 is 1.30 bits per heavy atom. The first-order valence-corrected chi connectivity index (χ1v) is 5.41. The zero-order chi connectivity index (χ0) is 7.82. The van der Waals surface area contributed by atoms with Gasteiger partial charge in [-0.3, -0.25) is 0 Å². The van der Waals surface area contributed by atoms with Gasteiger partial charge in [0.05, 0.1) is 0 Å². The molecule has 2 N–H and O–H groups in total. The number of rotatable bonds is 6. The van der Waals surface area contributed by atoms with Crippen LogP contribution in [0.1, 0.15) is 32.6 Å². The Bertz CT molecular complexity index is 64.3. The standard InChI is InChI=1S/C8H19NS/c1-8(9)6-4-3-5-7-10-2/h8H,3-7,9H2,1-2H3. The second-order valence-corrected chi connectivity index (χ2v) is 3.81. The van der Waals surface area contributed by atoms with Crippen molar-refractivity contribution in [3.05, 3.63) is 0 Å². The molecule has 1 unspecified atom stereocenters. The molecular formula is C8H19NS. The van der Waals surface area contributed by atoms with Crippen LogP contribution in [0, 0.1) is 0 Å². The molecule has 0 fully saturated rings. The van der Waals surface area contributed by atoms with Gasteiger partial charge in [-0.05, 0) is 31.8 Å². The molecule has 0 aromatic heterocycles. The molecule has 0 rings (SSSR count). The van der Waals surface area contributed by atoms with Crippen molar-refractivity contribution in [2.75, 3.05) is 12.0 Å². The molecule has 62 valence electrons. The summed E-state index contributed by atoms with van der Waals surface area (Å²) in [5.74, 6) is 1.30. The maximum absolute atomic E-state index is 5.60. The number of hydrogen-bond donors (Lipinski definition) is 1. The van der Waals surface area contributed by atoms with Gasteiger partial charge in [-0.1, -0.05) is 12.8 Å². The van der Waals surface area contributed by atoms with Crippen molar-refractivity contribution in [1.29, 1.82) is 0 Å². The van der Waals surface area contributed by atoms with E-state index in [0.29, 0.717) is 6.04 Å². The van der Waals surface area contributed by atoms with Gasteiger partial charge < -0.3 is 5.73 Å². The van der Waals surface area contributed by atoms with E-state index in [4.69, 9.17) is 5.73 Å². The number of thioether (sulfide) groups is 1. The predicted molar refractivity (Wildman–Crippen MR) is 50.5 cm³/mol. The summed E-state index contributed by atoms with van der Waals surface area (Å²) >= 11 is 1.93. The third-order valence-corrected chi connectivity index (χ3v) is 2.20. The minimum Gasteiger partial charge on any atom is -0.328 e. The summed E-state index contributed by atoms with van der Waals surface area (Å²) in [5, 5.41) is 0. The second-order valence-electron chi connectivity index (χ2n) is 2.82. The molecule has 1 nitrogen and oxygen atoms in total. The molecule has 0 aromatic carbocycles. The Labute approximate surface area is 68.8 Å². The van der Waals surface area contributed by atoms with E-state index in [0.717, 1.165) is 0 Å². The van der Waals surface area contributed by atoms with E-state index >= 15 is 0 Å². The highest BCUT2D eigenvalue weighted by Crippen LogP contribution is 2.05. The van der Waals surface area contributed by atoms with Crippen LogP contribution in [-0.2, 0) is 0 Å². The summed E-state index contributed by atoms with van der Waals surface area (Å²) < 4.78 is 0. The summed E-state index contributed by atoms with van der Waals surface area (Å²) in [6.07, 6.45) is 7.36. The van der Waals surface area contributed by atoms with Crippen LogP contribution < -0.4 is 5.73 Å². The topological polar surface area (TPSA) is 26.0 Å². The van der Waals surface area contributed by atoms with Gasteiger partial charge in [0.2, 0.25) is 0 Å². The molecule has 0 aromatic rings. The average molecular weight is 161 g/mol. The maximum atomic E-state index is 5.60. The smallest absolute Gasteiger partial charge is 0.00104 e. The van der Waals surface area contributed by atoms with Gasteiger partial charge in [-0.25, -0.2) is 0 Å². The van der Waals surface area contributed by atoms with E-state index in [1.165, 1.54) is 31.4 Å². The molecule has 0 saturated carbocycles. The van der Waals surface area contributed by atoms with Gasteiger partial charge in [0.15, 0.2) is 0 Å². The largest absolute Gasteiger partial charge is 0.328 e. The maximum Gasteiger partial charge on any atom is 0.00104 e. The monoisotopic (exact) mass is 161 g/mol. The zero-order valence-electron chi connectivity index (χ0n) is 7.10. The van der Waals surface area contributed by atoms with Crippen LogP contribution in [0.4, 0.5) is 0 Å². The van der Waals surface area contributed by atoms with Gasteiger partial charge in [0.1, 0.15) is 0 Å². The quantitative estimate of drug-likeness (QED) is 0.605. The Kier molecular flexibility index (Phi) is 7.65. The molecule has 0 radical (unpaired) electrons. The van der Waals surface area contributed by atoms with Gasteiger partial charge in [0, 0.05) is 6.04 Å². The lowest BCUT2D eigenvalue weighted by Gasteiger charge is -2.02. The number of unbranched alkanes of at least 4 members (excludes halogenated alkanes) is 2. The van der Waals surface area contributed by atoms with Gasteiger partial charge in [-0.2, -0.15) is 11.8 Å². The summed E-state index contributed by atoms with van der Waals surface area (Å²) in [6.45, 7) is 2.08. The number of nitrogens with two attached hydrogens (primary N) is 1. The van der Waals surface area contributed by atoms with Crippen LogP contribution in [0.25, 0.3) is 0 Å². The minimum atomic E-state index is 0.397. The fourth-order valence-electron chi connectivity index (χ4n) is 0.889. The second kappa shape index (κ2) is 7.42. The third-order valence-electron chi connectivity index (χ3n) is 1.51. The van der Waals surface area contributed by atoms with Gasteiger partial charge in [0.25, 0.3) is 0 Å². The fraction of sp³-hybridized carbons (Fsp3) is 1.00. The molecule has 2 heteroatoms. The van der Waals surface area contributed by atoms with Crippen molar-refractivity contribution in [2.45, 2.75) is 38.6 Å². The zero-order valence-corrected chi connectivity index (χ0v) is 7.91. The molecule has 0 aliphatic heterocycles. The lowest BCUT2D eigenvalue weighted by atomic mass is 10.1. The van der Waals surface area contributed by atoms with Crippen LogP contribution in [0.15, 0.2) is 0 Å². The van der Waals surface area contributed by atoms with E-state index in [1.807, 2.05) is 11.8 Å². The van der Waals surface area contributed by atoms with E-state index in [1.54, 1.807) is 0 Å². The Hall–Kier alpha value is 0.310. The minimum absolute atomic E-state index is 0.397. The van der Waals surface area contributed by atoms with Crippen LogP contribution >= 0.6 is 11.8 Å². The van der Waals surface area contributed by atoms with Crippen molar-refractivity contribution in [2.24, 2.45) is 5.73 Å². The molecule has 0 bridgehead atoms. The van der Waals surface area contributed by atoms with Crippen molar-refractivity contribution in [3.63, 3.8) is 0 Å². The molecule has 0 amide bonds. The summed E-state index contributed by atoms with van der Waals surface area (Å²) in [6, 6.07) is 0.397. The predicted octanol–water partition coefficient (Wildman–Crippen LogP) is 2.26. The molecule has 0 aliphatic rings. The number of hydrogen-bond acceptors (Lipinski definition) is 2. The van der Waals surface area contributed by atoms with Crippen molar-refractivity contribution in [3.8, 4) is 0 Å². The highest BCUT2D eigenvalue weighted by molar-refractivity contribution is 7.98. The van der Waals surface area contributed by atoms with Crippen molar-refractivity contribution < 1.29 is 0 Å². The Balaban J connectivity index is 2.77. The van der Waals surface area contributed by atoms with E-state index in [2.05, 4.69) is 13.2 Å². The molecular weight excluding hydrogens is 142 g/mol. The van der Waals surface area contributed by atoms with Crippen molar-refractivity contribution >= 4 is 11.8 Å². The Morgan fingerprint density at radius 3 is 2.50 bits per heavy atom. The van der Waals surface area contributed by atoms with Crippen LogP contribution in [-0.4, -0.2) is 18.1 Å².